The zero-order valence-electron chi connectivity index (χ0n) is 28.5. The summed E-state index contributed by atoms with van der Waals surface area (Å²) in [6, 6.07) is 52.5. The van der Waals surface area contributed by atoms with Gasteiger partial charge in [0.2, 0.25) is 0 Å². The van der Waals surface area contributed by atoms with Gasteiger partial charge in [-0.3, -0.25) is 0 Å². The van der Waals surface area contributed by atoms with E-state index in [1.807, 2.05) is 22.7 Å². The van der Waals surface area contributed by atoms with E-state index in [0.717, 1.165) is 0 Å². The SMILES string of the molecule is Cc1ccc(N(c2ccc3c(c2)C(C)(C)c2cc(-c4cccc5c4sc4ccc(C)cc45)ccc2-3)c2ccc3c(c2)sc2ccccc23)cc1. The fourth-order valence-corrected chi connectivity index (χ4v) is 10.5. The predicted molar refractivity (Wildman–Crippen MR) is 219 cm³/mol. The average molecular weight is 678 g/mol. The lowest BCUT2D eigenvalue weighted by Crippen LogP contribution is -2.16. The largest absolute Gasteiger partial charge is 0.310 e. The van der Waals surface area contributed by atoms with Crippen LogP contribution in [0.5, 0.6) is 0 Å². The lowest BCUT2D eigenvalue weighted by Gasteiger charge is -2.28. The highest BCUT2D eigenvalue weighted by Crippen LogP contribution is 2.52. The first-order valence-electron chi connectivity index (χ1n) is 17.3. The molecule has 3 heteroatoms. The first-order chi connectivity index (χ1) is 24.3. The summed E-state index contributed by atoms with van der Waals surface area (Å²) in [5, 5.41) is 5.36. The number of nitrogens with zero attached hydrogens (tertiary/aromatic N) is 1. The summed E-state index contributed by atoms with van der Waals surface area (Å²) in [6.07, 6.45) is 0. The van der Waals surface area contributed by atoms with Gasteiger partial charge in [-0.05, 0) is 108 Å². The summed E-state index contributed by atoms with van der Waals surface area (Å²) >= 11 is 3.78. The predicted octanol–water partition coefficient (Wildman–Crippen LogP) is 14.5. The molecule has 240 valence electrons. The third kappa shape index (κ3) is 4.43. The number of hydrogen-bond acceptors (Lipinski definition) is 3. The van der Waals surface area contributed by atoms with Gasteiger partial charge in [0, 0.05) is 62.8 Å². The Morgan fingerprint density at radius 2 is 1.10 bits per heavy atom. The summed E-state index contributed by atoms with van der Waals surface area (Å²) in [5.74, 6) is 0. The summed E-state index contributed by atoms with van der Waals surface area (Å²) in [7, 11) is 0. The minimum absolute atomic E-state index is 0.157. The van der Waals surface area contributed by atoms with E-state index < -0.39 is 0 Å². The van der Waals surface area contributed by atoms with E-state index in [9.17, 15) is 0 Å². The first kappa shape index (κ1) is 29.7. The summed E-state index contributed by atoms with van der Waals surface area (Å²) < 4.78 is 5.36. The number of aryl methyl sites for hydroxylation is 2. The van der Waals surface area contributed by atoms with Crippen LogP contribution in [0.15, 0.2) is 140 Å². The molecule has 1 aliphatic rings. The van der Waals surface area contributed by atoms with Crippen molar-refractivity contribution in [3.8, 4) is 22.3 Å². The number of hydrogen-bond donors (Lipinski definition) is 0. The maximum Gasteiger partial charge on any atom is 0.0476 e. The quantitative estimate of drug-likeness (QED) is 0.179. The van der Waals surface area contributed by atoms with E-state index in [0.29, 0.717) is 0 Å². The Morgan fingerprint density at radius 1 is 0.440 bits per heavy atom. The van der Waals surface area contributed by atoms with Crippen LogP contribution in [0.4, 0.5) is 17.1 Å². The first-order valence-corrected chi connectivity index (χ1v) is 19.0. The molecule has 0 amide bonds. The maximum atomic E-state index is 2.46. The molecule has 2 aromatic heterocycles. The topological polar surface area (TPSA) is 3.24 Å². The van der Waals surface area contributed by atoms with E-state index in [4.69, 9.17) is 0 Å². The van der Waals surface area contributed by atoms with Crippen LogP contribution in [0, 0.1) is 13.8 Å². The van der Waals surface area contributed by atoms with Crippen LogP contribution >= 0.6 is 22.7 Å². The molecular formula is C47H35NS2. The summed E-state index contributed by atoms with van der Waals surface area (Å²) in [5.41, 5.74) is 14.0. The Labute approximate surface area is 300 Å². The molecule has 0 N–H and O–H groups in total. The Balaban J connectivity index is 1.10. The number of benzene rings is 7. The van der Waals surface area contributed by atoms with Gasteiger partial charge in [0.15, 0.2) is 0 Å². The minimum atomic E-state index is -0.157. The van der Waals surface area contributed by atoms with E-state index in [2.05, 4.69) is 172 Å². The van der Waals surface area contributed by atoms with Gasteiger partial charge in [0.1, 0.15) is 0 Å². The van der Waals surface area contributed by atoms with Gasteiger partial charge in [0.05, 0.1) is 0 Å². The second-order valence-corrected chi connectivity index (χ2v) is 16.5. The highest BCUT2D eigenvalue weighted by Gasteiger charge is 2.36. The zero-order chi connectivity index (χ0) is 33.7. The van der Waals surface area contributed by atoms with Gasteiger partial charge in [-0.2, -0.15) is 0 Å². The van der Waals surface area contributed by atoms with Crippen LogP contribution in [0.3, 0.4) is 0 Å². The van der Waals surface area contributed by atoms with Crippen LogP contribution in [0.2, 0.25) is 0 Å². The van der Waals surface area contributed by atoms with Gasteiger partial charge in [-0.15, -0.1) is 22.7 Å². The van der Waals surface area contributed by atoms with E-state index in [-0.39, 0.29) is 5.41 Å². The van der Waals surface area contributed by atoms with Crippen LogP contribution in [-0.4, -0.2) is 0 Å². The standard InChI is InChI=1S/C47H35NS2/c1-28-12-16-31(17-13-28)48(33-19-22-38-37-8-5-6-11-43(37)49-45(38)27-33)32-18-21-36-35-20-15-30(25-41(35)47(3,4)42(36)26-32)34-9-7-10-39-40-24-29(2)14-23-44(40)50-46(34)39/h5-27H,1-4H3. The molecule has 10 rings (SSSR count). The lowest BCUT2D eigenvalue weighted by molar-refractivity contribution is 0.660. The van der Waals surface area contributed by atoms with Crippen molar-refractivity contribution in [3.05, 3.63) is 162 Å². The Morgan fingerprint density at radius 3 is 1.96 bits per heavy atom. The van der Waals surface area contributed by atoms with Gasteiger partial charge < -0.3 is 4.90 Å². The molecule has 0 atom stereocenters. The summed E-state index contributed by atoms with van der Waals surface area (Å²) in [4.78, 5) is 2.43. The highest BCUT2D eigenvalue weighted by molar-refractivity contribution is 7.26. The molecule has 0 radical (unpaired) electrons. The van der Waals surface area contributed by atoms with Crippen molar-refractivity contribution in [1.82, 2.24) is 0 Å². The smallest absolute Gasteiger partial charge is 0.0476 e. The summed E-state index contributed by atoms with van der Waals surface area (Å²) in [6.45, 7) is 9.13. The molecule has 0 bridgehead atoms. The molecule has 0 aliphatic heterocycles. The van der Waals surface area contributed by atoms with Crippen molar-refractivity contribution in [2.45, 2.75) is 33.1 Å². The molecule has 9 aromatic rings. The lowest BCUT2D eigenvalue weighted by atomic mass is 9.81. The molecule has 0 spiro atoms. The Kier molecular flexibility index (Phi) is 6.46. The molecule has 0 fully saturated rings. The van der Waals surface area contributed by atoms with Crippen LogP contribution < -0.4 is 4.90 Å². The third-order valence-electron chi connectivity index (χ3n) is 10.8. The van der Waals surface area contributed by atoms with Gasteiger partial charge in [-0.25, -0.2) is 0 Å². The van der Waals surface area contributed by atoms with Crippen LogP contribution in [-0.2, 0) is 5.41 Å². The molecule has 1 nitrogen and oxygen atoms in total. The van der Waals surface area contributed by atoms with Crippen molar-refractivity contribution < 1.29 is 0 Å². The zero-order valence-corrected chi connectivity index (χ0v) is 30.2. The normalized spacial score (nSPS) is 13.4. The van der Waals surface area contributed by atoms with Gasteiger partial charge in [-0.1, -0.05) is 104 Å². The number of fused-ring (bicyclic) bond motifs is 9. The number of anilines is 3. The van der Waals surface area contributed by atoms with Crippen molar-refractivity contribution in [3.63, 3.8) is 0 Å². The monoisotopic (exact) mass is 677 g/mol. The van der Waals surface area contributed by atoms with E-state index in [1.165, 1.54) is 102 Å². The molecule has 0 unspecified atom stereocenters. The number of thiophene rings is 2. The van der Waals surface area contributed by atoms with Crippen LogP contribution in [0.1, 0.15) is 36.1 Å². The second kappa shape index (κ2) is 10.9. The van der Waals surface area contributed by atoms with Crippen molar-refractivity contribution in [2.24, 2.45) is 0 Å². The fourth-order valence-electron chi connectivity index (χ4n) is 8.17. The van der Waals surface area contributed by atoms with Gasteiger partial charge >= 0.3 is 0 Å². The van der Waals surface area contributed by atoms with E-state index >= 15 is 0 Å². The molecule has 1 aliphatic carbocycles. The fraction of sp³-hybridized carbons (Fsp3) is 0.106. The van der Waals surface area contributed by atoms with Crippen LogP contribution in [0.25, 0.3) is 62.6 Å². The average Bonchev–Trinajstić information content (AvgIpc) is 3.76. The molecule has 0 saturated carbocycles. The Bertz CT molecular complexity index is 2810. The van der Waals surface area contributed by atoms with Crippen molar-refractivity contribution in [2.75, 3.05) is 4.90 Å². The number of rotatable bonds is 4. The maximum absolute atomic E-state index is 2.46. The molecular weight excluding hydrogens is 643 g/mol. The second-order valence-electron chi connectivity index (χ2n) is 14.3. The third-order valence-corrected chi connectivity index (χ3v) is 13.1. The van der Waals surface area contributed by atoms with Gasteiger partial charge in [0.25, 0.3) is 0 Å². The highest BCUT2D eigenvalue weighted by atomic mass is 32.1. The van der Waals surface area contributed by atoms with Crippen molar-refractivity contribution in [1.29, 1.82) is 0 Å². The van der Waals surface area contributed by atoms with Crippen molar-refractivity contribution >= 4 is 80.1 Å². The molecule has 50 heavy (non-hydrogen) atoms. The minimum Gasteiger partial charge on any atom is -0.310 e. The van der Waals surface area contributed by atoms with E-state index in [1.54, 1.807) is 0 Å². The molecule has 2 heterocycles. The molecule has 7 aromatic carbocycles. The molecule has 0 saturated heterocycles. The Hall–Kier alpha value is -5.22.